The van der Waals surface area contributed by atoms with E-state index in [0.29, 0.717) is 5.56 Å². The predicted octanol–water partition coefficient (Wildman–Crippen LogP) is 5.03. The summed E-state index contributed by atoms with van der Waals surface area (Å²) in [7, 11) is 1.64. The highest BCUT2D eigenvalue weighted by molar-refractivity contribution is 7.99. The molecule has 2 N–H and O–H groups in total. The van der Waals surface area contributed by atoms with Gasteiger partial charge in [-0.2, -0.15) is 5.10 Å². The van der Waals surface area contributed by atoms with Gasteiger partial charge in [-0.25, -0.2) is 0 Å². The number of hydrogen-bond donors (Lipinski definition) is 2. The van der Waals surface area contributed by atoms with Crippen molar-refractivity contribution >= 4 is 40.2 Å². The fraction of sp³-hybridized carbons (Fsp3) is 0.0870. The third-order valence-corrected chi connectivity index (χ3v) is 5.61. The van der Waals surface area contributed by atoms with Crippen LogP contribution in [-0.2, 0) is 0 Å². The molecule has 4 rings (SSSR count). The first-order valence-electron chi connectivity index (χ1n) is 9.22. The highest BCUT2D eigenvalue weighted by Gasteiger charge is 2.12. The van der Waals surface area contributed by atoms with Crippen LogP contribution in [0.1, 0.15) is 28.7 Å². The molecule has 6 heteroatoms. The number of pyridine rings is 1. The van der Waals surface area contributed by atoms with Gasteiger partial charge in [-0.15, -0.1) is 0 Å². The number of nitrogens with zero attached hydrogens (tertiary/aromatic N) is 2. The predicted molar refractivity (Wildman–Crippen MR) is 118 cm³/mol. The average Bonchev–Trinajstić information content (AvgIpc) is 3.18. The summed E-state index contributed by atoms with van der Waals surface area (Å²) in [6.45, 7) is 2.03. The molecule has 29 heavy (non-hydrogen) atoms. The van der Waals surface area contributed by atoms with E-state index in [1.807, 2.05) is 55.5 Å². The Morgan fingerprint density at radius 3 is 2.72 bits per heavy atom. The van der Waals surface area contributed by atoms with E-state index in [9.17, 15) is 4.79 Å². The van der Waals surface area contributed by atoms with Crippen LogP contribution in [0.2, 0.25) is 0 Å². The smallest absolute Gasteiger partial charge is 0.252 e. The number of benzene rings is 2. The summed E-state index contributed by atoms with van der Waals surface area (Å²) < 4.78 is 0. The number of allylic oxidation sites excluding steroid dienone is 1. The zero-order valence-corrected chi connectivity index (χ0v) is 17.0. The maximum Gasteiger partial charge on any atom is 0.252 e. The van der Waals surface area contributed by atoms with E-state index in [-0.39, 0.29) is 5.91 Å². The summed E-state index contributed by atoms with van der Waals surface area (Å²) >= 11 is 1.56. The van der Waals surface area contributed by atoms with Crippen molar-refractivity contribution in [2.75, 3.05) is 7.05 Å². The molecule has 0 aliphatic heterocycles. The van der Waals surface area contributed by atoms with Gasteiger partial charge in [-0.3, -0.25) is 14.9 Å². The first kappa shape index (κ1) is 19.0. The zero-order chi connectivity index (χ0) is 20.2. The average molecular weight is 401 g/mol. The Kier molecular flexibility index (Phi) is 5.44. The molecular formula is C23H20N4OS. The number of fused-ring (bicyclic) bond motifs is 1. The molecule has 0 saturated heterocycles. The molecule has 0 aliphatic rings. The standard InChI is InChI=1S/C23H20N4OS/c1-15(13-16-7-5-6-12-25-16)22-18-11-10-17(14-20(18)26-27-22)29-21-9-4-3-8-19(21)23(28)24-2/h3-14H,1-2H3,(H,24,28)(H,26,27)/b15-13+. The van der Waals surface area contributed by atoms with Crippen molar-refractivity contribution in [1.29, 1.82) is 0 Å². The minimum atomic E-state index is -0.0895. The molecular weight excluding hydrogens is 380 g/mol. The van der Waals surface area contributed by atoms with Gasteiger partial charge >= 0.3 is 0 Å². The van der Waals surface area contributed by atoms with Gasteiger partial charge in [-0.05, 0) is 61.0 Å². The number of aromatic amines is 1. The third-order valence-electron chi connectivity index (χ3n) is 4.55. The molecule has 0 bridgehead atoms. The molecule has 144 valence electrons. The van der Waals surface area contributed by atoms with Gasteiger partial charge < -0.3 is 5.32 Å². The first-order valence-corrected chi connectivity index (χ1v) is 10.0. The van der Waals surface area contributed by atoms with E-state index in [1.165, 1.54) is 0 Å². The Labute approximate surface area is 173 Å². The number of carbonyl (C=O) groups is 1. The van der Waals surface area contributed by atoms with Gasteiger partial charge in [0.15, 0.2) is 0 Å². The van der Waals surface area contributed by atoms with Crippen molar-refractivity contribution in [3.63, 3.8) is 0 Å². The third kappa shape index (κ3) is 4.07. The Balaban J connectivity index is 1.64. The van der Waals surface area contributed by atoms with Crippen molar-refractivity contribution in [3.05, 3.63) is 83.8 Å². The molecule has 2 aromatic heterocycles. The summed E-state index contributed by atoms with van der Waals surface area (Å²) in [4.78, 5) is 18.4. The van der Waals surface area contributed by atoms with Crippen molar-refractivity contribution in [1.82, 2.24) is 20.5 Å². The van der Waals surface area contributed by atoms with Crippen molar-refractivity contribution < 1.29 is 4.79 Å². The molecule has 2 heterocycles. The maximum absolute atomic E-state index is 12.1. The number of amides is 1. The molecule has 1 amide bonds. The Hall–Kier alpha value is -3.38. The number of aromatic nitrogens is 3. The Morgan fingerprint density at radius 1 is 1.10 bits per heavy atom. The van der Waals surface area contributed by atoms with Gasteiger partial charge in [0.05, 0.1) is 22.5 Å². The van der Waals surface area contributed by atoms with Gasteiger partial charge in [-0.1, -0.05) is 30.0 Å². The van der Waals surface area contributed by atoms with Crippen LogP contribution in [0.15, 0.2) is 76.7 Å². The lowest BCUT2D eigenvalue weighted by Crippen LogP contribution is -2.18. The SMILES string of the molecule is CNC(=O)c1ccccc1Sc1ccc2c(/C(C)=C/c3ccccn3)n[nH]c2c1. The summed E-state index contributed by atoms with van der Waals surface area (Å²) in [5.74, 6) is -0.0895. The van der Waals surface area contributed by atoms with Crippen molar-refractivity contribution in [3.8, 4) is 0 Å². The molecule has 0 spiro atoms. The monoisotopic (exact) mass is 400 g/mol. The molecule has 5 nitrogen and oxygen atoms in total. The van der Waals surface area contributed by atoms with E-state index >= 15 is 0 Å². The lowest BCUT2D eigenvalue weighted by atomic mass is 10.1. The summed E-state index contributed by atoms with van der Waals surface area (Å²) in [6, 6.07) is 19.6. The fourth-order valence-corrected chi connectivity index (χ4v) is 4.10. The van der Waals surface area contributed by atoms with E-state index in [2.05, 4.69) is 38.7 Å². The summed E-state index contributed by atoms with van der Waals surface area (Å²) in [5, 5.41) is 11.4. The van der Waals surface area contributed by atoms with Gasteiger partial charge in [0, 0.05) is 28.4 Å². The zero-order valence-electron chi connectivity index (χ0n) is 16.1. The molecule has 0 unspecified atom stereocenters. The van der Waals surface area contributed by atoms with Crippen LogP contribution in [-0.4, -0.2) is 28.1 Å². The Bertz CT molecular complexity index is 1200. The minimum absolute atomic E-state index is 0.0895. The lowest BCUT2D eigenvalue weighted by molar-refractivity contribution is 0.0960. The van der Waals surface area contributed by atoms with Gasteiger partial charge in [0.25, 0.3) is 5.91 Å². The van der Waals surface area contributed by atoms with Gasteiger partial charge in [0.2, 0.25) is 0 Å². The topological polar surface area (TPSA) is 70.7 Å². The largest absolute Gasteiger partial charge is 0.355 e. The molecule has 0 radical (unpaired) electrons. The molecule has 4 aromatic rings. The highest BCUT2D eigenvalue weighted by atomic mass is 32.2. The second-order valence-corrected chi connectivity index (χ2v) is 7.65. The highest BCUT2D eigenvalue weighted by Crippen LogP contribution is 2.33. The second-order valence-electron chi connectivity index (χ2n) is 6.54. The normalized spacial score (nSPS) is 11.6. The molecule has 0 aliphatic carbocycles. The van der Waals surface area contributed by atoms with E-state index in [4.69, 9.17) is 0 Å². The second kappa shape index (κ2) is 8.32. The van der Waals surface area contributed by atoms with Crippen LogP contribution in [0.5, 0.6) is 0 Å². The van der Waals surface area contributed by atoms with Crippen LogP contribution in [0.4, 0.5) is 0 Å². The first-order chi connectivity index (χ1) is 14.2. The van der Waals surface area contributed by atoms with Crippen LogP contribution in [0.3, 0.4) is 0 Å². The number of H-pyrrole nitrogens is 1. The number of hydrogen-bond acceptors (Lipinski definition) is 4. The molecule has 0 atom stereocenters. The van der Waals surface area contributed by atoms with E-state index < -0.39 is 0 Å². The summed E-state index contributed by atoms with van der Waals surface area (Å²) in [5.41, 5.74) is 4.48. The van der Waals surface area contributed by atoms with Crippen LogP contribution < -0.4 is 5.32 Å². The minimum Gasteiger partial charge on any atom is -0.355 e. The molecule has 2 aromatic carbocycles. The number of carbonyl (C=O) groups excluding carboxylic acids is 1. The van der Waals surface area contributed by atoms with Gasteiger partial charge in [0.1, 0.15) is 0 Å². The maximum atomic E-state index is 12.1. The fourth-order valence-electron chi connectivity index (χ4n) is 3.12. The number of rotatable bonds is 5. The van der Waals surface area contributed by atoms with Crippen molar-refractivity contribution in [2.45, 2.75) is 16.7 Å². The summed E-state index contributed by atoms with van der Waals surface area (Å²) in [6.07, 6.45) is 3.81. The lowest BCUT2D eigenvalue weighted by Gasteiger charge is -2.08. The van der Waals surface area contributed by atoms with Crippen LogP contribution >= 0.6 is 11.8 Å². The molecule has 0 fully saturated rings. The van der Waals surface area contributed by atoms with E-state index in [1.54, 1.807) is 25.0 Å². The van der Waals surface area contributed by atoms with E-state index in [0.717, 1.165) is 37.7 Å². The number of nitrogens with one attached hydrogen (secondary N) is 2. The quantitative estimate of drug-likeness (QED) is 0.493. The van der Waals surface area contributed by atoms with Crippen LogP contribution in [0, 0.1) is 0 Å². The Morgan fingerprint density at radius 2 is 1.93 bits per heavy atom. The van der Waals surface area contributed by atoms with Crippen LogP contribution in [0.25, 0.3) is 22.6 Å². The molecule has 0 saturated carbocycles. The van der Waals surface area contributed by atoms with Crippen molar-refractivity contribution in [2.24, 2.45) is 0 Å².